The minimum absolute atomic E-state index is 0.113. The van der Waals surface area contributed by atoms with E-state index < -0.39 is 42.0 Å². The van der Waals surface area contributed by atoms with Crippen molar-refractivity contribution in [1.82, 2.24) is 0 Å². The number of rotatable bonds is 21. The number of carbonyl (C=O) groups is 2. The van der Waals surface area contributed by atoms with Crippen LogP contribution < -0.4 is 4.74 Å². The van der Waals surface area contributed by atoms with Crippen molar-refractivity contribution in [3.63, 3.8) is 0 Å². The third-order valence-corrected chi connectivity index (χ3v) is 8.17. The summed E-state index contributed by atoms with van der Waals surface area (Å²) in [5.41, 5.74) is 2.75. The molecule has 9 heteroatoms. The van der Waals surface area contributed by atoms with E-state index in [0.29, 0.717) is 19.6 Å². The maximum Gasteiger partial charge on any atom is 0.425 e. The van der Waals surface area contributed by atoms with E-state index in [9.17, 15) is 27.2 Å². The van der Waals surface area contributed by atoms with Crippen LogP contribution in [0.15, 0.2) is 66.7 Å². The summed E-state index contributed by atoms with van der Waals surface area (Å²) in [4.78, 5) is 25.1. The van der Waals surface area contributed by atoms with Gasteiger partial charge in [-0.25, -0.2) is 14.0 Å². The molecule has 3 aromatic carbocycles. The zero-order valence-electron chi connectivity index (χ0n) is 28.1. The highest BCUT2D eigenvalue weighted by Crippen LogP contribution is 2.29. The van der Waals surface area contributed by atoms with Gasteiger partial charge in [0.05, 0.1) is 11.1 Å². The fourth-order valence-electron chi connectivity index (χ4n) is 5.35. The minimum atomic E-state index is -4.81. The van der Waals surface area contributed by atoms with Crippen molar-refractivity contribution in [1.29, 1.82) is 0 Å². The normalized spacial score (nSPS) is 12.1. The molecule has 0 aliphatic heterocycles. The summed E-state index contributed by atoms with van der Waals surface area (Å²) in [5.74, 6) is -3.58. The van der Waals surface area contributed by atoms with E-state index in [1.807, 2.05) is 0 Å². The number of unbranched alkanes of at least 4 members (excludes halogenated alkanes) is 9. The van der Waals surface area contributed by atoms with Crippen LogP contribution in [0.5, 0.6) is 5.75 Å². The lowest BCUT2D eigenvalue weighted by atomic mass is 10.00. The Bertz CT molecular complexity index is 1390. The predicted molar refractivity (Wildman–Crippen MR) is 180 cm³/mol. The first kappa shape index (κ1) is 38.7. The summed E-state index contributed by atoms with van der Waals surface area (Å²) in [5, 5.41) is 0. The van der Waals surface area contributed by atoms with Crippen molar-refractivity contribution >= 4 is 11.9 Å². The van der Waals surface area contributed by atoms with Crippen LogP contribution in [-0.4, -0.2) is 37.4 Å². The molecule has 48 heavy (non-hydrogen) atoms. The van der Waals surface area contributed by atoms with Crippen LogP contribution in [0.3, 0.4) is 0 Å². The highest BCUT2D eigenvalue weighted by molar-refractivity contribution is 5.92. The SMILES string of the molecule is CCCCCCCCCCCc1ccc(-c2ccc(C(=O)Oc3ccc(C(=O)OC(CCCCOCC)C(F)(F)F)c(F)c3)cc2)cc1. The molecule has 1 atom stereocenters. The molecule has 5 nitrogen and oxygen atoms in total. The summed E-state index contributed by atoms with van der Waals surface area (Å²) in [6, 6.07) is 18.0. The third-order valence-electron chi connectivity index (χ3n) is 8.17. The minimum Gasteiger partial charge on any atom is -0.449 e. The summed E-state index contributed by atoms with van der Waals surface area (Å²) < 4.78 is 70.0. The first-order chi connectivity index (χ1) is 23.1. The maximum atomic E-state index is 14.7. The molecule has 3 aromatic rings. The van der Waals surface area contributed by atoms with Gasteiger partial charge in [-0.05, 0) is 80.0 Å². The van der Waals surface area contributed by atoms with E-state index in [2.05, 4.69) is 35.9 Å². The van der Waals surface area contributed by atoms with E-state index in [0.717, 1.165) is 35.7 Å². The third kappa shape index (κ3) is 13.4. The van der Waals surface area contributed by atoms with E-state index >= 15 is 0 Å². The highest BCUT2D eigenvalue weighted by atomic mass is 19.4. The van der Waals surface area contributed by atoms with Crippen LogP contribution in [0.4, 0.5) is 17.6 Å². The number of benzene rings is 3. The van der Waals surface area contributed by atoms with Crippen LogP contribution in [0, 0.1) is 5.82 Å². The number of hydrogen-bond acceptors (Lipinski definition) is 5. The lowest BCUT2D eigenvalue weighted by Crippen LogP contribution is -2.34. The fourth-order valence-corrected chi connectivity index (χ4v) is 5.35. The van der Waals surface area contributed by atoms with Crippen LogP contribution in [0.1, 0.15) is 117 Å². The molecule has 0 aliphatic rings. The molecule has 0 saturated carbocycles. The van der Waals surface area contributed by atoms with E-state index in [1.165, 1.54) is 63.4 Å². The smallest absolute Gasteiger partial charge is 0.425 e. The Hall–Kier alpha value is -3.72. The number of halogens is 4. The molecule has 0 radical (unpaired) electrons. The standard InChI is InChI=1S/C39H48F4O5/c1-3-5-6-7-8-9-10-11-12-15-29-17-19-30(20-18-29)31-21-23-32(24-22-31)37(44)47-33-25-26-34(35(40)28-33)38(45)48-36(39(41,42)43)16-13-14-27-46-4-2/h17-26,28,36H,3-16,27H2,1-2H3. The fraction of sp³-hybridized carbons (Fsp3) is 0.487. The van der Waals surface area contributed by atoms with E-state index in [4.69, 9.17) is 9.47 Å². The largest absolute Gasteiger partial charge is 0.449 e. The molecule has 0 amide bonds. The Morgan fingerprint density at radius 1 is 0.708 bits per heavy atom. The zero-order valence-corrected chi connectivity index (χ0v) is 28.1. The number of hydrogen-bond donors (Lipinski definition) is 0. The first-order valence-corrected chi connectivity index (χ1v) is 17.2. The Morgan fingerprint density at radius 3 is 1.90 bits per heavy atom. The molecule has 0 fully saturated rings. The summed E-state index contributed by atoms with van der Waals surface area (Å²) in [7, 11) is 0. The number of alkyl halides is 3. The lowest BCUT2D eigenvalue weighted by Gasteiger charge is -2.21. The number of esters is 2. The van der Waals surface area contributed by atoms with Crippen molar-refractivity contribution in [2.75, 3.05) is 13.2 Å². The number of ether oxygens (including phenoxy) is 3. The summed E-state index contributed by atoms with van der Waals surface area (Å²) in [6.07, 6.45) is 5.55. The molecule has 0 heterocycles. The van der Waals surface area contributed by atoms with Gasteiger partial charge in [-0.1, -0.05) is 94.7 Å². The molecule has 0 saturated heterocycles. The average molecular weight is 673 g/mol. The van der Waals surface area contributed by atoms with Gasteiger partial charge < -0.3 is 14.2 Å². The molecule has 0 aromatic heterocycles. The van der Waals surface area contributed by atoms with Gasteiger partial charge in [0.25, 0.3) is 0 Å². The van der Waals surface area contributed by atoms with Gasteiger partial charge in [0, 0.05) is 19.3 Å². The quantitative estimate of drug-likeness (QED) is 0.0488. The summed E-state index contributed by atoms with van der Waals surface area (Å²) in [6.45, 7) is 4.75. The monoisotopic (exact) mass is 672 g/mol. The van der Waals surface area contributed by atoms with Crippen molar-refractivity contribution in [3.05, 3.63) is 89.2 Å². The number of aryl methyl sites for hydroxylation is 1. The zero-order chi connectivity index (χ0) is 34.8. The molecule has 0 aliphatic carbocycles. The molecular weight excluding hydrogens is 624 g/mol. The van der Waals surface area contributed by atoms with Crippen LogP contribution >= 0.6 is 0 Å². The van der Waals surface area contributed by atoms with Crippen LogP contribution in [-0.2, 0) is 15.9 Å². The van der Waals surface area contributed by atoms with Crippen molar-refractivity contribution < 1.29 is 41.4 Å². The van der Waals surface area contributed by atoms with Crippen LogP contribution in [0.25, 0.3) is 11.1 Å². The molecule has 0 N–H and O–H groups in total. The molecule has 3 rings (SSSR count). The Morgan fingerprint density at radius 2 is 1.31 bits per heavy atom. The van der Waals surface area contributed by atoms with Gasteiger partial charge in [0.15, 0.2) is 6.10 Å². The molecule has 0 spiro atoms. The Labute approximate surface area is 282 Å². The van der Waals surface area contributed by atoms with Crippen LogP contribution in [0.2, 0.25) is 0 Å². The van der Waals surface area contributed by atoms with Crippen molar-refractivity contribution in [3.8, 4) is 16.9 Å². The predicted octanol–water partition coefficient (Wildman–Crippen LogP) is 11.1. The van der Waals surface area contributed by atoms with Gasteiger partial charge in [-0.15, -0.1) is 0 Å². The molecular formula is C39H48F4O5. The Kier molecular flexibility index (Phi) is 16.6. The molecule has 0 bridgehead atoms. The van der Waals surface area contributed by atoms with E-state index in [-0.39, 0.29) is 17.7 Å². The topological polar surface area (TPSA) is 61.8 Å². The highest BCUT2D eigenvalue weighted by Gasteiger charge is 2.42. The van der Waals surface area contributed by atoms with E-state index in [1.54, 1.807) is 31.2 Å². The number of carbonyl (C=O) groups excluding carboxylic acids is 2. The van der Waals surface area contributed by atoms with Gasteiger partial charge in [-0.2, -0.15) is 13.2 Å². The van der Waals surface area contributed by atoms with Gasteiger partial charge >= 0.3 is 18.1 Å². The van der Waals surface area contributed by atoms with Gasteiger partial charge in [0.1, 0.15) is 11.6 Å². The second-order valence-corrected chi connectivity index (χ2v) is 12.0. The molecule has 262 valence electrons. The average Bonchev–Trinajstić information content (AvgIpc) is 3.06. The van der Waals surface area contributed by atoms with Gasteiger partial charge in [0.2, 0.25) is 0 Å². The molecule has 1 unspecified atom stereocenters. The van der Waals surface area contributed by atoms with Gasteiger partial charge in [-0.3, -0.25) is 0 Å². The lowest BCUT2D eigenvalue weighted by molar-refractivity contribution is -0.206. The second-order valence-electron chi connectivity index (χ2n) is 12.0. The van der Waals surface area contributed by atoms with Crippen molar-refractivity contribution in [2.45, 2.75) is 110 Å². The Balaban J connectivity index is 1.48. The first-order valence-electron chi connectivity index (χ1n) is 17.2. The summed E-state index contributed by atoms with van der Waals surface area (Å²) >= 11 is 0. The maximum absolute atomic E-state index is 14.7. The second kappa shape index (κ2) is 20.6. The van der Waals surface area contributed by atoms with Crippen molar-refractivity contribution in [2.24, 2.45) is 0 Å².